The standard InChI is InChI=1S/C22H20N2O5S/c1-2-28-16-9-7-15(8-10-16)24-20(25)13-18(21(24)26)23(14-17-5-4-12-30-17)22(27)19-6-3-11-29-19/h3-12,18H,2,13-14H2,1H3. The zero-order chi connectivity index (χ0) is 21.1. The summed E-state index contributed by atoms with van der Waals surface area (Å²) < 4.78 is 10.7. The summed E-state index contributed by atoms with van der Waals surface area (Å²) in [5, 5.41) is 1.90. The molecule has 30 heavy (non-hydrogen) atoms. The van der Waals surface area contributed by atoms with Crippen molar-refractivity contribution in [3.63, 3.8) is 0 Å². The van der Waals surface area contributed by atoms with Crippen molar-refractivity contribution in [1.29, 1.82) is 0 Å². The molecule has 3 aromatic rings. The number of hydrogen-bond donors (Lipinski definition) is 0. The van der Waals surface area contributed by atoms with Gasteiger partial charge in [-0.05, 0) is 54.8 Å². The van der Waals surface area contributed by atoms with Crippen molar-refractivity contribution in [2.24, 2.45) is 0 Å². The molecule has 0 bridgehead atoms. The highest BCUT2D eigenvalue weighted by molar-refractivity contribution is 7.09. The molecular weight excluding hydrogens is 404 g/mol. The molecule has 1 aliphatic heterocycles. The maximum Gasteiger partial charge on any atom is 0.290 e. The quantitative estimate of drug-likeness (QED) is 0.540. The van der Waals surface area contributed by atoms with Crippen LogP contribution in [0.2, 0.25) is 0 Å². The molecule has 1 aliphatic rings. The summed E-state index contributed by atoms with van der Waals surface area (Å²) >= 11 is 1.48. The second kappa shape index (κ2) is 8.54. The topological polar surface area (TPSA) is 80.1 Å². The van der Waals surface area contributed by atoms with Gasteiger partial charge in [-0.15, -0.1) is 11.3 Å². The number of nitrogens with zero attached hydrogens (tertiary/aromatic N) is 2. The van der Waals surface area contributed by atoms with Gasteiger partial charge in [0.25, 0.3) is 11.8 Å². The molecule has 1 fully saturated rings. The third-order valence-electron chi connectivity index (χ3n) is 4.80. The van der Waals surface area contributed by atoms with Gasteiger partial charge in [-0.1, -0.05) is 6.07 Å². The highest BCUT2D eigenvalue weighted by Crippen LogP contribution is 2.29. The average molecular weight is 424 g/mol. The van der Waals surface area contributed by atoms with E-state index in [0.717, 1.165) is 9.78 Å². The van der Waals surface area contributed by atoms with Crippen LogP contribution in [0.5, 0.6) is 5.75 Å². The highest BCUT2D eigenvalue weighted by atomic mass is 32.1. The minimum absolute atomic E-state index is 0.0795. The van der Waals surface area contributed by atoms with Crippen molar-refractivity contribution < 1.29 is 23.5 Å². The molecule has 7 nitrogen and oxygen atoms in total. The SMILES string of the molecule is CCOc1ccc(N2C(=O)CC(N(Cc3cccs3)C(=O)c3ccco3)C2=O)cc1. The molecule has 0 aliphatic carbocycles. The van der Waals surface area contributed by atoms with Gasteiger partial charge >= 0.3 is 0 Å². The number of carbonyl (C=O) groups excluding carboxylic acids is 3. The number of carbonyl (C=O) groups is 3. The van der Waals surface area contributed by atoms with Crippen LogP contribution in [0.25, 0.3) is 0 Å². The summed E-state index contributed by atoms with van der Waals surface area (Å²) in [6.45, 7) is 2.62. The lowest BCUT2D eigenvalue weighted by atomic mass is 10.2. The molecule has 1 aromatic carbocycles. The largest absolute Gasteiger partial charge is 0.494 e. The molecular formula is C22H20N2O5S. The predicted molar refractivity (Wildman–Crippen MR) is 111 cm³/mol. The Morgan fingerprint density at radius 1 is 1.20 bits per heavy atom. The number of hydrogen-bond acceptors (Lipinski definition) is 6. The van der Waals surface area contributed by atoms with Crippen molar-refractivity contribution in [3.8, 4) is 5.75 Å². The molecule has 2 aromatic heterocycles. The number of imide groups is 1. The fourth-order valence-corrected chi connectivity index (χ4v) is 4.13. The summed E-state index contributed by atoms with van der Waals surface area (Å²) in [5.74, 6) is -0.415. The average Bonchev–Trinajstić information content (AvgIpc) is 3.49. The zero-order valence-corrected chi connectivity index (χ0v) is 17.1. The van der Waals surface area contributed by atoms with Crippen LogP contribution in [-0.2, 0) is 16.1 Å². The van der Waals surface area contributed by atoms with Gasteiger partial charge in [0.1, 0.15) is 11.8 Å². The predicted octanol–water partition coefficient (Wildman–Crippen LogP) is 3.71. The lowest BCUT2D eigenvalue weighted by Crippen LogP contribution is -2.44. The van der Waals surface area contributed by atoms with Gasteiger partial charge < -0.3 is 14.1 Å². The van der Waals surface area contributed by atoms with E-state index in [9.17, 15) is 14.4 Å². The van der Waals surface area contributed by atoms with Crippen LogP contribution < -0.4 is 9.64 Å². The lowest BCUT2D eigenvalue weighted by molar-refractivity contribution is -0.122. The van der Waals surface area contributed by atoms with Crippen LogP contribution >= 0.6 is 11.3 Å². The first-order valence-electron chi connectivity index (χ1n) is 9.55. The van der Waals surface area contributed by atoms with E-state index in [4.69, 9.17) is 9.15 Å². The number of ether oxygens (including phenoxy) is 1. The third kappa shape index (κ3) is 3.86. The van der Waals surface area contributed by atoms with Gasteiger partial charge in [0.05, 0.1) is 31.5 Å². The number of amides is 3. The van der Waals surface area contributed by atoms with Gasteiger partial charge in [0.15, 0.2) is 5.76 Å². The van der Waals surface area contributed by atoms with Gasteiger partial charge in [-0.3, -0.25) is 14.4 Å². The first kappa shape index (κ1) is 19.9. The first-order chi connectivity index (χ1) is 14.6. The molecule has 3 amide bonds. The van der Waals surface area contributed by atoms with E-state index < -0.39 is 17.9 Å². The fraction of sp³-hybridized carbons (Fsp3) is 0.227. The summed E-state index contributed by atoms with van der Waals surface area (Å²) in [5.41, 5.74) is 0.456. The fourth-order valence-electron chi connectivity index (χ4n) is 3.42. The Kier molecular flexibility index (Phi) is 5.67. The van der Waals surface area contributed by atoms with E-state index in [-0.39, 0.29) is 24.6 Å². The zero-order valence-electron chi connectivity index (χ0n) is 16.3. The second-order valence-electron chi connectivity index (χ2n) is 6.70. The Morgan fingerprint density at radius 3 is 2.63 bits per heavy atom. The summed E-state index contributed by atoms with van der Waals surface area (Å²) in [4.78, 5) is 42.5. The molecule has 154 valence electrons. The van der Waals surface area contributed by atoms with Crippen molar-refractivity contribution in [2.75, 3.05) is 11.5 Å². The monoisotopic (exact) mass is 424 g/mol. The molecule has 0 spiro atoms. The number of anilines is 1. The minimum atomic E-state index is -0.899. The van der Waals surface area contributed by atoms with Crippen LogP contribution in [0.3, 0.4) is 0 Å². The number of furan rings is 1. The van der Waals surface area contributed by atoms with Gasteiger partial charge in [0, 0.05) is 4.88 Å². The van der Waals surface area contributed by atoms with E-state index in [1.165, 1.54) is 22.5 Å². The smallest absolute Gasteiger partial charge is 0.290 e. The van der Waals surface area contributed by atoms with Crippen molar-refractivity contribution >= 4 is 34.7 Å². The first-order valence-corrected chi connectivity index (χ1v) is 10.4. The lowest BCUT2D eigenvalue weighted by Gasteiger charge is -2.26. The highest BCUT2D eigenvalue weighted by Gasteiger charge is 2.45. The van der Waals surface area contributed by atoms with E-state index in [1.807, 2.05) is 24.4 Å². The minimum Gasteiger partial charge on any atom is -0.494 e. The van der Waals surface area contributed by atoms with Crippen molar-refractivity contribution in [2.45, 2.75) is 25.9 Å². The maximum absolute atomic E-state index is 13.2. The maximum atomic E-state index is 13.2. The second-order valence-corrected chi connectivity index (χ2v) is 7.74. The Morgan fingerprint density at radius 2 is 2.00 bits per heavy atom. The van der Waals surface area contributed by atoms with Gasteiger partial charge in [-0.25, -0.2) is 4.90 Å². The van der Waals surface area contributed by atoms with E-state index >= 15 is 0 Å². The Balaban J connectivity index is 1.62. The molecule has 1 unspecified atom stereocenters. The molecule has 0 N–H and O–H groups in total. The third-order valence-corrected chi connectivity index (χ3v) is 5.67. The van der Waals surface area contributed by atoms with Crippen LogP contribution in [-0.4, -0.2) is 35.3 Å². The van der Waals surface area contributed by atoms with Crippen molar-refractivity contribution in [3.05, 3.63) is 70.8 Å². The van der Waals surface area contributed by atoms with E-state index in [0.29, 0.717) is 18.0 Å². The van der Waals surface area contributed by atoms with Crippen LogP contribution in [0.4, 0.5) is 5.69 Å². The molecule has 1 saturated heterocycles. The summed E-state index contributed by atoms with van der Waals surface area (Å²) in [6.07, 6.45) is 1.33. The van der Waals surface area contributed by atoms with Gasteiger partial charge in [-0.2, -0.15) is 0 Å². The molecule has 0 saturated carbocycles. The van der Waals surface area contributed by atoms with Crippen LogP contribution in [0.1, 0.15) is 28.8 Å². The molecule has 1 atom stereocenters. The number of benzene rings is 1. The summed E-state index contributed by atoms with van der Waals surface area (Å²) in [6, 6.07) is 12.8. The molecule has 0 radical (unpaired) electrons. The molecule has 4 rings (SSSR count). The normalized spacial score (nSPS) is 16.2. The summed E-state index contributed by atoms with van der Waals surface area (Å²) in [7, 11) is 0. The Labute approximate surface area is 177 Å². The van der Waals surface area contributed by atoms with Crippen molar-refractivity contribution in [1.82, 2.24) is 4.90 Å². The molecule has 8 heteroatoms. The van der Waals surface area contributed by atoms with Gasteiger partial charge in [0.2, 0.25) is 5.91 Å². The number of rotatable bonds is 7. The number of thiophene rings is 1. The van der Waals surface area contributed by atoms with Crippen LogP contribution in [0, 0.1) is 0 Å². The Bertz CT molecular complexity index is 1030. The molecule has 3 heterocycles. The van der Waals surface area contributed by atoms with E-state index in [1.54, 1.807) is 36.4 Å². The van der Waals surface area contributed by atoms with E-state index in [2.05, 4.69) is 0 Å². The Hall–Kier alpha value is -3.39. The van der Waals surface area contributed by atoms with Crippen LogP contribution in [0.15, 0.2) is 64.6 Å².